The molecule has 0 aliphatic heterocycles. The lowest BCUT2D eigenvalue weighted by Crippen LogP contribution is -2.30. The number of aryl methyl sites for hydroxylation is 2. The quantitative estimate of drug-likeness (QED) is 0.212. The molecule has 0 saturated carbocycles. The monoisotopic (exact) mass is 605 g/mol. The van der Waals surface area contributed by atoms with E-state index in [-0.39, 0.29) is 11.4 Å². The first-order valence-electron chi connectivity index (χ1n) is 14.8. The Hall–Kier alpha value is -5.45. The summed E-state index contributed by atoms with van der Waals surface area (Å²) in [6, 6.07) is 21.8. The summed E-state index contributed by atoms with van der Waals surface area (Å²) >= 11 is 0. The van der Waals surface area contributed by atoms with Crippen LogP contribution in [-0.4, -0.2) is 34.7 Å². The molecule has 0 unspecified atom stereocenters. The largest absolute Gasteiger partial charge is 0.439 e. The lowest BCUT2D eigenvalue weighted by Gasteiger charge is -2.16. The van der Waals surface area contributed by atoms with Crippen molar-refractivity contribution in [2.45, 2.75) is 52.6 Å². The van der Waals surface area contributed by atoms with Gasteiger partial charge in [-0.1, -0.05) is 84.4 Å². The van der Waals surface area contributed by atoms with Gasteiger partial charge in [-0.2, -0.15) is 0 Å². The van der Waals surface area contributed by atoms with E-state index in [4.69, 9.17) is 9.51 Å². The number of H-pyrrole nitrogens is 1. The molecule has 3 heterocycles. The minimum atomic E-state index is -0.611. The molecular weight excluding hydrogens is 573 g/mol. The highest BCUT2D eigenvalue weighted by atomic mass is 19.1. The van der Waals surface area contributed by atoms with E-state index in [1.807, 2.05) is 61.7 Å². The van der Waals surface area contributed by atoms with Crippen molar-refractivity contribution in [2.24, 2.45) is 0 Å². The van der Waals surface area contributed by atoms with E-state index >= 15 is 0 Å². The highest BCUT2D eigenvalue weighted by Crippen LogP contribution is 2.30. The Kier molecular flexibility index (Phi) is 8.58. The van der Waals surface area contributed by atoms with Gasteiger partial charge in [0.2, 0.25) is 0 Å². The van der Waals surface area contributed by atoms with Crippen LogP contribution < -0.4 is 11.3 Å². The van der Waals surface area contributed by atoms with Gasteiger partial charge >= 0.3 is 5.76 Å². The van der Waals surface area contributed by atoms with Crippen LogP contribution >= 0.6 is 0 Å². The van der Waals surface area contributed by atoms with Crippen molar-refractivity contribution in [3.05, 3.63) is 140 Å². The van der Waals surface area contributed by atoms with E-state index in [0.29, 0.717) is 48.7 Å². The van der Waals surface area contributed by atoms with E-state index in [0.717, 1.165) is 46.5 Å². The van der Waals surface area contributed by atoms with Crippen LogP contribution in [-0.2, 0) is 25.9 Å². The molecule has 0 atom stereocenters. The number of nitrogens with one attached hydrogen (secondary N) is 1. The average molecular weight is 606 g/mol. The minimum Gasteiger partial charge on any atom is -0.296 e. The summed E-state index contributed by atoms with van der Waals surface area (Å²) in [4.78, 5) is 33.0. The second-order valence-corrected chi connectivity index (χ2v) is 11.0. The van der Waals surface area contributed by atoms with Crippen LogP contribution in [0.1, 0.15) is 53.7 Å². The molecule has 0 bridgehead atoms. The molecule has 0 saturated heterocycles. The molecule has 228 valence electrons. The molecule has 0 spiro atoms. The van der Waals surface area contributed by atoms with Gasteiger partial charge in [0.15, 0.2) is 5.82 Å². The summed E-state index contributed by atoms with van der Waals surface area (Å²) < 4.78 is 21.4. The van der Waals surface area contributed by atoms with Gasteiger partial charge in [0, 0.05) is 35.9 Å². The normalized spacial score (nSPS) is 11.3. The van der Waals surface area contributed by atoms with Crippen molar-refractivity contribution in [2.75, 3.05) is 0 Å². The number of hydrogen-bond acceptors (Lipinski definition) is 7. The lowest BCUT2D eigenvalue weighted by molar-refractivity contribution is 0.388. The van der Waals surface area contributed by atoms with Crippen molar-refractivity contribution in [1.29, 1.82) is 0 Å². The molecular formula is C34H32FN7O3. The Morgan fingerprint density at radius 1 is 0.911 bits per heavy atom. The molecule has 0 fully saturated rings. The first-order valence-corrected chi connectivity index (χ1v) is 14.8. The van der Waals surface area contributed by atoms with Crippen LogP contribution in [0.25, 0.3) is 22.5 Å². The first kappa shape index (κ1) is 29.6. The van der Waals surface area contributed by atoms with Gasteiger partial charge in [-0.05, 0) is 47.7 Å². The molecule has 6 aromatic rings. The van der Waals surface area contributed by atoms with Gasteiger partial charge in [0.25, 0.3) is 5.56 Å². The minimum absolute atomic E-state index is 0.0916. The molecule has 10 nitrogen and oxygen atoms in total. The topological polar surface area (TPSA) is 124 Å². The Balaban J connectivity index is 1.27. The van der Waals surface area contributed by atoms with Crippen LogP contribution in [0.2, 0.25) is 0 Å². The average Bonchev–Trinajstić information content (AvgIpc) is 3.69. The maximum absolute atomic E-state index is 14.0. The predicted molar refractivity (Wildman–Crippen MR) is 167 cm³/mol. The number of hydrogen-bond donors (Lipinski definition) is 1. The van der Waals surface area contributed by atoms with Crippen LogP contribution in [0.4, 0.5) is 4.39 Å². The van der Waals surface area contributed by atoms with Crippen LogP contribution in [0, 0.1) is 12.7 Å². The summed E-state index contributed by atoms with van der Waals surface area (Å²) in [5, 5.41) is 12.4. The summed E-state index contributed by atoms with van der Waals surface area (Å²) in [5.41, 5.74) is 6.25. The zero-order valence-electron chi connectivity index (χ0n) is 25.0. The Labute approximate surface area is 258 Å². The van der Waals surface area contributed by atoms with E-state index in [2.05, 4.69) is 27.4 Å². The fraction of sp³-hybridized carbons (Fsp3) is 0.235. The predicted octanol–water partition coefficient (Wildman–Crippen LogP) is 5.32. The van der Waals surface area contributed by atoms with Gasteiger partial charge < -0.3 is 0 Å². The maximum atomic E-state index is 14.0. The van der Waals surface area contributed by atoms with Crippen molar-refractivity contribution < 1.29 is 8.91 Å². The van der Waals surface area contributed by atoms with Crippen molar-refractivity contribution in [3.8, 4) is 22.5 Å². The van der Waals surface area contributed by atoms with Gasteiger partial charge in [-0.3, -0.25) is 18.9 Å². The first-order chi connectivity index (χ1) is 21.9. The lowest BCUT2D eigenvalue weighted by atomic mass is 9.98. The number of rotatable bonds is 11. The molecule has 0 aliphatic rings. The molecule has 0 amide bonds. The molecule has 0 aliphatic carbocycles. The van der Waals surface area contributed by atoms with Crippen molar-refractivity contribution >= 4 is 0 Å². The third-order valence-corrected chi connectivity index (χ3v) is 7.73. The van der Waals surface area contributed by atoms with Gasteiger partial charge in [-0.25, -0.2) is 18.9 Å². The van der Waals surface area contributed by atoms with E-state index in [1.165, 1.54) is 12.1 Å². The summed E-state index contributed by atoms with van der Waals surface area (Å²) in [5.74, 6) is 0.218. The number of halogens is 1. The molecule has 3 aromatic carbocycles. The Bertz CT molecular complexity index is 2040. The molecule has 0 radical (unpaired) electrons. The fourth-order valence-corrected chi connectivity index (χ4v) is 5.36. The Morgan fingerprint density at radius 3 is 2.33 bits per heavy atom. The van der Waals surface area contributed by atoms with Crippen molar-refractivity contribution in [1.82, 2.24) is 34.7 Å². The number of unbranched alkanes of at least 4 members (excludes halogenated alkanes) is 1. The Morgan fingerprint density at radius 2 is 1.62 bits per heavy atom. The number of aromatic nitrogens is 7. The standard InChI is InChI=1S/C34H32FN7O3/c1-3-4-9-31-36-22(2)30(18-27-21-41(40-38-27)19-23-12-16-26(35)17-13-23)33(43)42(31)20-24-10-14-25(15-11-24)28-7-5-6-8-29(28)32-37-34(44)45-39-32/h5-8,10-17,21H,3-4,9,18-20H2,1-2H3,(H,37,39,44). The molecule has 3 aromatic heterocycles. The van der Waals surface area contributed by atoms with Gasteiger partial charge in [0.1, 0.15) is 11.6 Å². The van der Waals surface area contributed by atoms with Crippen molar-refractivity contribution in [3.63, 3.8) is 0 Å². The van der Waals surface area contributed by atoms with E-state index in [9.17, 15) is 14.0 Å². The van der Waals surface area contributed by atoms with E-state index < -0.39 is 5.76 Å². The third kappa shape index (κ3) is 6.72. The zero-order chi connectivity index (χ0) is 31.3. The second-order valence-electron chi connectivity index (χ2n) is 11.0. The molecule has 6 rings (SSSR count). The van der Waals surface area contributed by atoms with E-state index in [1.54, 1.807) is 21.4 Å². The van der Waals surface area contributed by atoms with Gasteiger partial charge in [0.05, 0.1) is 18.8 Å². The summed E-state index contributed by atoms with van der Waals surface area (Å²) in [6.45, 7) is 4.80. The SMILES string of the molecule is CCCCc1nc(C)c(Cc2cn(Cc3ccc(F)cc3)nn2)c(=O)n1Cc1ccc(-c2ccccc2-c2noc(=O)[nH]2)cc1. The number of benzene rings is 3. The number of aromatic amines is 1. The van der Waals surface area contributed by atoms with Crippen LogP contribution in [0.15, 0.2) is 93.1 Å². The molecule has 45 heavy (non-hydrogen) atoms. The third-order valence-electron chi connectivity index (χ3n) is 7.73. The second kappa shape index (κ2) is 13.0. The summed E-state index contributed by atoms with van der Waals surface area (Å²) in [7, 11) is 0. The molecule has 1 N–H and O–H groups in total. The summed E-state index contributed by atoms with van der Waals surface area (Å²) in [6.07, 6.45) is 4.71. The maximum Gasteiger partial charge on any atom is 0.439 e. The smallest absolute Gasteiger partial charge is 0.296 e. The van der Waals surface area contributed by atoms with Gasteiger partial charge in [-0.15, -0.1) is 5.10 Å². The molecule has 11 heteroatoms. The number of nitrogens with zero attached hydrogens (tertiary/aromatic N) is 6. The fourth-order valence-electron chi connectivity index (χ4n) is 5.36. The van der Waals surface area contributed by atoms with Crippen LogP contribution in [0.5, 0.6) is 0 Å². The van der Waals surface area contributed by atoms with Crippen LogP contribution in [0.3, 0.4) is 0 Å². The highest BCUT2D eigenvalue weighted by Gasteiger charge is 2.17. The highest BCUT2D eigenvalue weighted by molar-refractivity contribution is 5.80. The zero-order valence-corrected chi connectivity index (χ0v) is 25.0.